The molecule has 0 spiro atoms. The van der Waals surface area contributed by atoms with Crippen molar-refractivity contribution >= 4 is 11.8 Å². The lowest BCUT2D eigenvalue weighted by Crippen LogP contribution is -2.49. The van der Waals surface area contributed by atoms with E-state index in [0.717, 1.165) is 48.9 Å². The first-order valence-corrected chi connectivity index (χ1v) is 10.8. The summed E-state index contributed by atoms with van der Waals surface area (Å²) in [4.78, 5) is 30.3. The molecule has 2 aromatic rings. The lowest BCUT2D eigenvalue weighted by atomic mass is 9.96. The number of hydrogen-bond donors (Lipinski definition) is 1. The van der Waals surface area contributed by atoms with Crippen LogP contribution in [0.1, 0.15) is 66.3 Å². The molecule has 2 aliphatic heterocycles. The van der Waals surface area contributed by atoms with Crippen LogP contribution in [0.3, 0.4) is 0 Å². The van der Waals surface area contributed by atoms with Crippen LogP contribution in [0.15, 0.2) is 30.3 Å². The number of carbonyl (C=O) groups excluding carboxylic acids is 2. The fourth-order valence-corrected chi connectivity index (χ4v) is 4.87. The van der Waals surface area contributed by atoms with Crippen molar-refractivity contribution in [3.63, 3.8) is 0 Å². The molecule has 0 unspecified atom stereocenters. The van der Waals surface area contributed by atoms with Crippen LogP contribution in [0.2, 0.25) is 0 Å². The molecular formula is C23H30N4O2. The zero-order valence-electron chi connectivity index (χ0n) is 17.4. The molecule has 1 aromatic heterocycles. The van der Waals surface area contributed by atoms with Crippen LogP contribution < -0.4 is 0 Å². The van der Waals surface area contributed by atoms with Crippen molar-refractivity contribution in [2.24, 2.45) is 0 Å². The highest BCUT2D eigenvalue weighted by Crippen LogP contribution is 2.32. The number of likely N-dealkylation sites (tertiary alicyclic amines) is 2. The van der Waals surface area contributed by atoms with Crippen molar-refractivity contribution in [2.45, 2.75) is 71.0 Å². The molecule has 4 rings (SSSR count). The third-order valence-corrected chi connectivity index (χ3v) is 6.49. The molecule has 0 saturated carbocycles. The summed E-state index contributed by atoms with van der Waals surface area (Å²) < 4.78 is 0. The van der Waals surface area contributed by atoms with Crippen LogP contribution in [0, 0.1) is 6.92 Å². The molecule has 3 heterocycles. The van der Waals surface area contributed by atoms with Crippen molar-refractivity contribution in [1.82, 2.24) is 20.0 Å². The Kier molecular flexibility index (Phi) is 5.69. The Balaban J connectivity index is 1.59. The van der Waals surface area contributed by atoms with Gasteiger partial charge in [0.05, 0.1) is 12.1 Å². The first-order chi connectivity index (χ1) is 14.1. The third-order valence-electron chi connectivity index (χ3n) is 6.49. The van der Waals surface area contributed by atoms with Gasteiger partial charge in [0, 0.05) is 30.8 Å². The lowest BCUT2D eigenvalue weighted by Gasteiger charge is -2.37. The molecule has 6 nitrogen and oxygen atoms in total. The average molecular weight is 395 g/mol. The van der Waals surface area contributed by atoms with Crippen molar-refractivity contribution < 1.29 is 9.59 Å². The van der Waals surface area contributed by atoms with Gasteiger partial charge < -0.3 is 9.80 Å². The van der Waals surface area contributed by atoms with Gasteiger partial charge in [-0.15, -0.1) is 0 Å². The molecule has 29 heavy (non-hydrogen) atoms. The molecule has 0 bridgehead atoms. The zero-order valence-corrected chi connectivity index (χ0v) is 17.4. The highest BCUT2D eigenvalue weighted by molar-refractivity contribution is 5.94. The molecular weight excluding hydrogens is 364 g/mol. The highest BCUT2D eigenvalue weighted by atomic mass is 16.2. The van der Waals surface area contributed by atoms with E-state index in [1.807, 2.05) is 34.9 Å². The Labute approximate surface area is 172 Å². The predicted molar refractivity (Wildman–Crippen MR) is 111 cm³/mol. The topological polar surface area (TPSA) is 69.3 Å². The van der Waals surface area contributed by atoms with Crippen LogP contribution in [-0.2, 0) is 17.8 Å². The van der Waals surface area contributed by atoms with Gasteiger partial charge in [-0.3, -0.25) is 14.7 Å². The van der Waals surface area contributed by atoms with E-state index in [1.165, 1.54) is 0 Å². The summed E-state index contributed by atoms with van der Waals surface area (Å²) in [6, 6.07) is 10.3. The zero-order chi connectivity index (χ0) is 20.4. The minimum Gasteiger partial charge on any atom is -0.333 e. The standard InChI is InChI=1S/C23H30N4O2/c1-3-18-16(2)22(25-24-18)23(29)26-14-13-20-19(26)11-7-8-12-21(28)27(20)15-17-9-5-4-6-10-17/h4-6,9-10,19-20H,3,7-8,11-15H2,1-2H3,(H,24,25)/t19-,20+/m1/s1. The van der Waals surface area contributed by atoms with Gasteiger partial charge in [-0.1, -0.05) is 43.7 Å². The molecule has 0 radical (unpaired) electrons. The van der Waals surface area contributed by atoms with Gasteiger partial charge in [0.2, 0.25) is 5.91 Å². The Morgan fingerprint density at radius 3 is 2.69 bits per heavy atom. The van der Waals surface area contributed by atoms with Gasteiger partial charge in [-0.25, -0.2) is 0 Å². The maximum Gasteiger partial charge on any atom is 0.274 e. The summed E-state index contributed by atoms with van der Waals surface area (Å²) in [5.74, 6) is 0.209. The number of fused-ring (bicyclic) bond motifs is 1. The van der Waals surface area contributed by atoms with Crippen molar-refractivity contribution in [3.05, 3.63) is 52.8 Å². The molecule has 2 saturated heterocycles. The summed E-state index contributed by atoms with van der Waals surface area (Å²) in [6.45, 7) is 5.32. The quantitative estimate of drug-likeness (QED) is 0.863. The van der Waals surface area contributed by atoms with Crippen molar-refractivity contribution in [1.29, 1.82) is 0 Å². The third kappa shape index (κ3) is 3.80. The number of aryl methyl sites for hydroxylation is 1. The average Bonchev–Trinajstić information content (AvgIpc) is 3.31. The molecule has 154 valence electrons. The van der Waals surface area contributed by atoms with Gasteiger partial charge >= 0.3 is 0 Å². The summed E-state index contributed by atoms with van der Waals surface area (Å²) >= 11 is 0. The van der Waals surface area contributed by atoms with Crippen molar-refractivity contribution in [2.75, 3.05) is 6.54 Å². The molecule has 2 aliphatic rings. The molecule has 0 aliphatic carbocycles. The number of benzene rings is 1. The fraction of sp³-hybridized carbons (Fsp3) is 0.522. The second kappa shape index (κ2) is 8.39. The number of carbonyl (C=O) groups is 2. The van der Waals surface area contributed by atoms with E-state index in [1.54, 1.807) is 0 Å². The largest absolute Gasteiger partial charge is 0.333 e. The normalized spacial score (nSPS) is 22.3. The summed E-state index contributed by atoms with van der Waals surface area (Å²) in [7, 11) is 0. The number of H-pyrrole nitrogens is 1. The number of hydrogen-bond acceptors (Lipinski definition) is 3. The van der Waals surface area contributed by atoms with Gasteiger partial charge in [-0.2, -0.15) is 5.10 Å². The Morgan fingerprint density at radius 1 is 1.17 bits per heavy atom. The van der Waals surface area contributed by atoms with E-state index in [-0.39, 0.29) is 23.9 Å². The minimum atomic E-state index is -0.00127. The number of amides is 2. The maximum atomic E-state index is 13.3. The van der Waals surface area contributed by atoms with Crippen LogP contribution in [0.5, 0.6) is 0 Å². The molecule has 1 N–H and O–H groups in total. The first kappa shape index (κ1) is 19.7. The number of rotatable bonds is 4. The molecule has 2 fully saturated rings. The summed E-state index contributed by atoms with van der Waals surface area (Å²) in [5.41, 5.74) is 3.64. The molecule has 2 amide bonds. The maximum absolute atomic E-state index is 13.3. The van der Waals surface area contributed by atoms with Crippen LogP contribution >= 0.6 is 0 Å². The molecule has 6 heteroatoms. The minimum absolute atomic E-state index is 0.00127. The fourth-order valence-electron chi connectivity index (χ4n) is 4.87. The van der Waals surface area contributed by atoms with Gasteiger partial charge in [0.1, 0.15) is 0 Å². The van der Waals surface area contributed by atoms with Gasteiger partial charge in [0.15, 0.2) is 5.69 Å². The lowest BCUT2D eigenvalue weighted by molar-refractivity contribution is -0.135. The van der Waals surface area contributed by atoms with Gasteiger partial charge in [-0.05, 0) is 38.2 Å². The highest BCUT2D eigenvalue weighted by Gasteiger charge is 2.43. The predicted octanol–water partition coefficient (Wildman–Crippen LogP) is 3.47. The SMILES string of the molecule is CCc1[nH]nc(C(=O)N2CC[C@H]3[C@H]2CCCCC(=O)N3Cc2ccccc2)c1C. The number of nitrogens with zero attached hydrogens (tertiary/aromatic N) is 3. The van der Waals surface area contributed by atoms with E-state index in [9.17, 15) is 9.59 Å². The van der Waals surface area contributed by atoms with Crippen molar-refractivity contribution in [3.8, 4) is 0 Å². The van der Waals surface area contributed by atoms with Crippen LogP contribution in [0.4, 0.5) is 0 Å². The first-order valence-electron chi connectivity index (χ1n) is 10.8. The van der Waals surface area contributed by atoms with Gasteiger partial charge in [0.25, 0.3) is 5.91 Å². The second-order valence-electron chi connectivity index (χ2n) is 8.20. The van der Waals surface area contributed by atoms with E-state index < -0.39 is 0 Å². The van der Waals surface area contributed by atoms with Crippen LogP contribution in [0.25, 0.3) is 0 Å². The summed E-state index contributed by atoms with van der Waals surface area (Å²) in [6.07, 6.45) is 5.07. The summed E-state index contributed by atoms with van der Waals surface area (Å²) in [5, 5.41) is 7.32. The number of nitrogens with one attached hydrogen (secondary N) is 1. The molecule has 1 aromatic carbocycles. The van der Waals surface area contributed by atoms with Crippen LogP contribution in [-0.4, -0.2) is 50.4 Å². The number of aromatic nitrogens is 2. The monoisotopic (exact) mass is 394 g/mol. The van der Waals surface area contributed by atoms with E-state index in [0.29, 0.717) is 25.2 Å². The second-order valence-corrected chi connectivity index (χ2v) is 8.20. The molecule has 2 atom stereocenters. The van der Waals surface area contributed by atoms with E-state index >= 15 is 0 Å². The van der Waals surface area contributed by atoms with E-state index in [4.69, 9.17) is 0 Å². The Hall–Kier alpha value is -2.63. The Bertz CT molecular complexity index is 876. The smallest absolute Gasteiger partial charge is 0.274 e. The number of aromatic amines is 1. The Morgan fingerprint density at radius 2 is 1.97 bits per heavy atom. The van der Waals surface area contributed by atoms with E-state index in [2.05, 4.69) is 29.3 Å².